The first-order valence-corrected chi connectivity index (χ1v) is 11.6. The number of carbonyl (C=O) groups is 3. The van der Waals surface area contributed by atoms with Crippen molar-refractivity contribution in [1.29, 1.82) is 0 Å². The van der Waals surface area contributed by atoms with E-state index in [4.69, 9.17) is 4.74 Å². The molecule has 0 radical (unpaired) electrons. The van der Waals surface area contributed by atoms with E-state index in [9.17, 15) is 19.5 Å². The molecule has 1 saturated heterocycles. The first-order chi connectivity index (χ1) is 17.0. The highest BCUT2D eigenvalue weighted by atomic mass is 16.5. The van der Waals surface area contributed by atoms with Crippen LogP contribution < -0.4 is 5.32 Å². The number of hydrogen-bond acceptors (Lipinski definition) is 5. The highest BCUT2D eigenvalue weighted by molar-refractivity contribution is 5.90. The zero-order valence-electron chi connectivity index (χ0n) is 19.3. The molecular weight excluding hydrogens is 448 g/mol. The van der Waals surface area contributed by atoms with Gasteiger partial charge in [0.2, 0.25) is 0 Å². The third-order valence-corrected chi connectivity index (χ3v) is 6.83. The number of nitrogens with zero attached hydrogens (tertiary/aromatic N) is 3. The number of aliphatic carboxylic acids is 1. The van der Waals surface area contributed by atoms with Crippen LogP contribution in [0.1, 0.15) is 41.6 Å². The smallest absolute Gasteiger partial charge is 0.408 e. The summed E-state index contributed by atoms with van der Waals surface area (Å²) in [7, 11) is 1.66. The van der Waals surface area contributed by atoms with E-state index >= 15 is 0 Å². The maximum absolute atomic E-state index is 13.4. The molecule has 0 spiro atoms. The molecular formula is C26H26N4O5. The van der Waals surface area contributed by atoms with Crippen LogP contribution in [-0.4, -0.2) is 57.0 Å². The van der Waals surface area contributed by atoms with Crippen LogP contribution in [0.15, 0.2) is 60.8 Å². The van der Waals surface area contributed by atoms with Gasteiger partial charge in [0.05, 0.1) is 5.69 Å². The van der Waals surface area contributed by atoms with E-state index in [1.165, 1.54) is 15.8 Å². The number of alkyl carbamates (subject to hydrolysis) is 1. The summed E-state index contributed by atoms with van der Waals surface area (Å²) in [6.07, 6.45) is 1.74. The molecule has 9 heteroatoms. The van der Waals surface area contributed by atoms with Crippen molar-refractivity contribution in [3.05, 3.63) is 77.6 Å². The van der Waals surface area contributed by atoms with E-state index < -0.39 is 30.1 Å². The van der Waals surface area contributed by atoms with Crippen LogP contribution in [0, 0.1) is 0 Å². The summed E-state index contributed by atoms with van der Waals surface area (Å²) >= 11 is 0. The number of rotatable bonds is 6. The Labute approximate surface area is 202 Å². The first-order valence-electron chi connectivity index (χ1n) is 11.6. The van der Waals surface area contributed by atoms with Crippen molar-refractivity contribution in [2.24, 2.45) is 7.05 Å². The maximum atomic E-state index is 13.4. The summed E-state index contributed by atoms with van der Waals surface area (Å²) in [5.41, 5.74) is 4.85. The number of carbonyl (C=O) groups excluding carboxylic acids is 2. The molecule has 1 aliphatic carbocycles. The predicted molar refractivity (Wildman–Crippen MR) is 127 cm³/mol. The molecule has 2 N–H and O–H groups in total. The topological polar surface area (TPSA) is 114 Å². The lowest BCUT2D eigenvalue weighted by Crippen LogP contribution is -2.48. The average molecular weight is 475 g/mol. The van der Waals surface area contributed by atoms with E-state index in [1.54, 1.807) is 13.1 Å². The fourth-order valence-corrected chi connectivity index (χ4v) is 5.14. The van der Waals surface area contributed by atoms with Crippen LogP contribution in [0.4, 0.5) is 4.79 Å². The predicted octanol–water partition coefficient (Wildman–Crippen LogP) is 3.08. The Morgan fingerprint density at radius 3 is 2.34 bits per heavy atom. The van der Waals surface area contributed by atoms with Crippen LogP contribution >= 0.6 is 0 Å². The third kappa shape index (κ3) is 4.14. The van der Waals surface area contributed by atoms with Crippen molar-refractivity contribution >= 4 is 18.0 Å². The summed E-state index contributed by atoms with van der Waals surface area (Å²) in [5.74, 6) is -1.67. The van der Waals surface area contributed by atoms with Gasteiger partial charge in [-0.3, -0.25) is 9.48 Å². The molecule has 2 aliphatic rings. The molecule has 1 unspecified atom stereocenters. The molecule has 2 aromatic carbocycles. The number of amides is 2. The quantitative estimate of drug-likeness (QED) is 0.568. The van der Waals surface area contributed by atoms with E-state index in [2.05, 4.69) is 22.5 Å². The van der Waals surface area contributed by atoms with Gasteiger partial charge in [-0.1, -0.05) is 48.5 Å². The fourth-order valence-electron chi connectivity index (χ4n) is 5.14. The molecule has 1 aliphatic heterocycles. The lowest BCUT2D eigenvalue weighted by molar-refractivity contribution is -0.149. The van der Waals surface area contributed by atoms with Crippen LogP contribution in [0.25, 0.3) is 11.1 Å². The van der Waals surface area contributed by atoms with E-state index in [0.29, 0.717) is 25.1 Å². The van der Waals surface area contributed by atoms with E-state index in [0.717, 1.165) is 22.3 Å². The van der Waals surface area contributed by atoms with Crippen molar-refractivity contribution in [3.63, 3.8) is 0 Å². The van der Waals surface area contributed by atoms with Gasteiger partial charge in [-0.2, -0.15) is 5.10 Å². The minimum atomic E-state index is -1.11. The van der Waals surface area contributed by atoms with Gasteiger partial charge in [-0.25, -0.2) is 9.59 Å². The minimum Gasteiger partial charge on any atom is -0.480 e. The van der Waals surface area contributed by atoms with Gasteiger partial charge in [-0.05, 0) is 41.2 Å². The van der Waals surface area contributed by atoms with Gasteiger partial charge >= 0.3 is 12.1 Å². The summed E-state index contributed by atoms with van der Waals surface area (Å²) in [5, 5.41) is 16.3. The van der Waals surface area contributed by atoms with Gasteiger partial charge in [0.1, 0.15) is 12.6 Å². The second kappa shape index (κ2) is 9.25. The summed E-state index contributed by atoms with van der Waals surface area (Å²) in [6, 6.07) is 15.7. The largest absolute Gasteiger partial charge is 0.480 e. The van der Waals surface area contributed by atoms with Crippen LogP contribution in [0.5, 0.6) is 0 Å². The fraction of sp³-hybridized carbons (Fsp3) is 0.308. The number of benzene rings is 2. The molecule has 180 valence electrons. The standard InChI is InChI=1S/C26H26N4O5/c1-29-21(12-13-27-29)23(24(31)30-14-6-11-22(30)25(32)33)28-26(34)35-15-20-18-9-4-2-7-16(18)17-8-3-5-10-19(17)20/h2-5,7-10,12-13,20,22-23H,6,11,14-15H2,1H3,(H,28,34)(H,32,33)/t22-,23?/m1/s1. The molecule has 35 heavy (non-hydrogen) atoms. The summed E-state index contributed by atoms with van der Waals surface area (Å²) < 4.78 is 7.11. The normalized spacial score (nSPS) is 17.5. The second-order valence-electron chi connectivity index (χ2n) is 8.81. The zero-order chi connectivity index (χ0) is 24.5. The van der Waals surface area contributed by atoms with Gasteiger partial charge in [0, 0.05) is 25.7 Å². The number of nitrogens with one attached hydrogen (secondary N) is 1. The summed E-state index contributed by atoms with van der Waals surface area (Å²) in [6.45, 7) is 0.421. The van der Waals surface area contributed by atoms with Crippen molar-refractivity contribution in [2.75, 3.05) is 13.2 Å². The Morgan fingerprint density at radius 2 is 1.74 bits per heavy atom. The summed E-state index contributed by atoms with van der Waals surface area (Å²) in [4.78, 5) is 39.3. The molecule has 5 rings (SSSR count). The van der Waals surface area contributed by atoms with Crippen molar-refractivity contribution in [2.45, 2.75) is 30.8 Å². The molecule has 9 nitrogen and oxygen atoms in total. The number of ether oxygens (including phenoxy) is 1. The Hall–Kier alpha value is -4.14. The Morgan fingerprint density at radius 1 is 1.09 bits per heavy atom. The van der Waals surface area contributed by atoms with Gasteiger partial charge in [0.15, 0.2) is 6.04 Å². The molecule has 0 saturated carbocycles. The third-order valence-electron chi connectivity index (χ3n) is 6.83. The maximum Gasteiger partial charge on any atom is 0.408 e. The molecule has 2 atom stereocenters. The minimum absolute atomic E-state index is 0.105. The van der Waals surface area contributed by atoms with E-state index in [1.807, 2.05) is 36.4 Å². The first kappa shape index (κ1) is 22.6. The lowest BCUT2D eigenvalue weighted by atomic mass is 9.98. The highest BCUT2D eigenvalue weighted by Gasteiger charge is 2.39. The molecule has 1 aromatic heterocycles. The van der Waals surface area contributed by atoms with Gasteiger partial charge in [0.25, 0.3) is 5.91 Å². The number of aromatic nitrogens is 2. The highest BCUT2D eigenvalue weighted by Crippen LogP contribution is 2.44. The lowest BCUT2D eigenvalue weighted by Gasteiger charge is -2.27. The van der Waals surface area contributed by atoms with Crippen molar-refractivity contribution in [3.8, 4) is 11.1 Å². The van der Waals surface area contributed by atoms with Crippen LogP contribution in [-0.2, 0) is 21.4 Å². The number of hydrogen-bond donors (Lipinski definition) is 2. The average Bonchev–Trinajstić information content (AvgIpc) is 3.58. The van der Waals surface area contributed by atoms with Gasteiger partial charge < -0.3 is 20.1 Å². The SMILES string of the molecule is Cn1nccc1C(NC(=O)OCC1c2ccccc2-c2ccccc21)C(=O)N1CCC[C@@H]1C(=O)O. The van der Waals surface area contributed by atoms with Crippen molar-refractivity contribution < 1.29 is 24.2 Å². The van der Waals surface area contributed by atoms with Crippen LogP contribution in [0.2, 0.25) is 0 Å². The van der Waals surface area contributed by atoms with E-state index in [-0.39, 0.29) is 12.5 Å². The number of fused-ring (bicyclic) bond motifs is 3. The molecule has 1 fully saturated rings. The molecule has 2 heterocycles. The Bertz CT molecular complexity index is 1240. The molecule has 0 bridgehead atoms. The Balaban J connectivity index is 1.34. The number of aryl methyl sites for hydroxylation is 1. The monoisotopic (exact) mass is 474 g/mol. The van der Waals surface area contributed by atoms with Gasteiger partial charge in [-0.15, -0.1) is 0 Å². The molecule has 3 aromatic rings. The van der Waals surface area contributed by atoms with Crippen molar-refractivity contribution in [1.82, 2.24) is 20.0 Å². The number of carboxylic acids is 1. The Kier molecular flexibility index (Phi) is 5.98. The zero-order valence-corrected chi connectivity index (χ0v) is 19.3. The number of carboxylic acid groups (broad SMARTS) is 1. The number of likely N-dealkylation sites (tertiary alicyclic amines) is 1. The van der Waals surface area contributed by atoms with Crippen LogP contribution in [0.3, 0.4) is 0 Å². The second-order valence-corrected chi connectivity index (χ2v) is 8.81. The molecule has 2 amide bonds.